The van der Waals surface area contributed by atoms with Gasteiger partial charge in [-0.05, 0) is 49.2 Å². The predicted molar refractivity (Wildman–Crippen MR) is 110 cm³/mol. The number of nitrogens with zero attached hydrogens (tertiary/aromatic N) is 2. The molecule has 3 aliphatic rings. The lowest BCUT2D eigenvalue weighted by Gasteiger charge is -2.39. The highest BCUT2D eigenvalue weighted by Gasteiger charge is 2.36. The molecule has 3 aliphatic heterocycles. The lowest BCUT2D eigenvalue weighted by Crippen LogP contribution is -2.55. The minimum absolute atomic E-state index is 0.163. The van der Waals surface area contributed by atoms with Crippen LogP contribution in [0.3, 0.4) is 0 Å². The number of nitrogens with one attached hydrogen (secondary N) is 3. The van der Waals surface area contributed by atoms with E-state index in [1.165, 1.54) is 12.1 Å². The van der Waals surface area contributed by atoms with Crippen LogP contribution >= 0.6 is 0 Å². The molecule has 0 saturated carbocycles. The Kier molecular flexibility index (Phi) is 4.16. The molecule has 150 valence electrons. The number of benzene rings is 2. The first kappa shape index (κ1) is 17.9. The van der Waals surface area contributed by atoms with Crippen LogP contribution in [0.1, 0.15) is 12.5 Å². The summed E-state index contributed by atoms with van der Waals surface area (Å²) in [4.78, 5) is 14.1. The molecular formula is C21H22FN5O2. The van der Waals surface area contributed by atoms with E-state index in [1.54, 1.807) is 0 Å². The molecule has 0 aromatic heterocycles. The molecule has 1 atom stereocenters. The fraction of sp³-hybridized carbons (Fsp3) is 0.333. The molecule has 0 radical (unpaired) electrons. The highest BCUT2D eigenvalue weighted by molar-refractivity contribution is 6.10. The van der Waals surface area contributed by atoms with Crippen LogP contribution in [0.15, 0.2) is 35.4 Å². The van der Waals surface area contributed by atoms with E-state index in [0.29, 0.717) is 17.6 Å². The van der Waals surface area contributed by atoms with Crippen molar-refractivity contribution in [3.8, 4) is 16.9 Å². The molecule has 1 saturated heterocycles. The third kappa shape index (κ3) is 3.09. The number of halogens is 1. The predicted octanol–water partition coefficient (Wildman–Crippen LogP) is 2.22. The summed E-state index contributed by atoms with van der Waals surface area (Å²) in [5.41, 5.74) is 6.70. The summed E-state index contributed by atoms with van der Waals surface area (Å²) < 4.78 is 20.1. The topological polar surface area (TPSA) is 78.0 Å². The third-order valence-electron chi connectivity index (χ3n) is 5.55. The van der Waals surface area contributed by atoms with Gasteiger partial charge in [-0.1, -0.05) is 6.07 Å². The quantitative estimate of drug-likeness (QED) is 0.743. The summed E-state index contributed by atoms with van der Waals surface area (Å²) >= 11 is 0. The number of carbonyl (C=O) groups excluding carboxylic acids is 1. The first-order valence-electron chi connectivity index (χ1n) is 9.71. The average molecular weight is 395 g/mol. The number of amidine groups is 1. The van der Waals surface area contributed by atoms with Gasteiger partial charge in [0.05, 0.1) is 11.7 Å². The molecule has 0 bridgehead atoms. The maximum atomic E-state index is 14.1. The molecule has 29 heavy (non-hydrogen) atoms. The molecule has 1 unspecified atom stereocenters. The Morgan fingerprint density at radius 2 is 2.07 bits per heavy atom. The van der Waals surface area contributed by atoms with Crippen molar-refractivity contribution in [2.45, 2.75) is 25.9 Å². The second-order valence-corrected chi connectivity index (χ2v) is 7.72. The summed E-state index contributed by atoms with van der Waals surface area (Å²) in [5.74, 6) is 0.879. The Morgan fingerprint density at radius 1 is 1.24 bits per heavy atom. The molecule has 1 amide bonds. The largest absolute Gasteiger partial charge is 0.483 e. The lowest BCUT2D eigenvalue weighted by molar-refractivity contribution is -0.122. The first-order chi connectivity index (χ1) is 14.0. The van der Waals surface area contributed by atoms with Crippen LogP contribution in [0.25, 0.3) is 11.1 Å². The van der Waals surface area contributed by atoms with Crippen LogP contribution in [0, 0.1) is 12.7 Å². The van der Waals surface area contributed by atoms with Crippen LogP contribution in [0.4, 0.5) is 15.8 Å². The van der Waals surface area contributed by atoms with Crippen LogP contribution in [-0.2, 0) is 4.79 Å². The number of hydrogen-bond donors (Lipinski definition) is 3. The zero-order valence-electron chi connectivity index (χ0n) is 16.3. The van der Waals surface area contributed by atoms with Gasteiger partial charge in [0.25, 0.3) is 5.91 Å². The summed E-state index contributed by atoms with van der Waals surface area (Å²) in [6, 6.07) is 8.80. The number of rotatable bonds is 3. The summed E-state index contributed by atoms with van der Waals surface area (Å²) in [7, 11) is 0. The zero-order valence-corrected chi connectivity index (χ0v) is 16.3. The van der Waals surface area contributed by atoms with Gasteiger partial charge >= 0.3 is 0 Å². The minimum Gasteiger partial charge on any atom is -0.483 e. The number of aryl methyl sites for hydroxylation is 1. The molecule has 3 heterocycles. The van der Waals surface area contributed by atoms with E-state index in [-0.39, 0.29) is 18.3 Å². The molecular weight excluding hydrogens is 373 g/mol. The minimum atomic E-state index is -0.398. The van der Waals surface area contributed by atoms with Crippen molar-refractivity contribution in [3.05, 3.63) is 41.7 Å². The third-order valence-corrected chi connectivity index (χ3v) is 5.55. The Hall–Kier alpha value is -3.13. The number of fused-ring (bicyclic) bond motifs is 3. The second kappa shape index (κ2) is 6.73. The van der Waals surface area contributed by atoms with Crippen LogP contribution in [0.2, 0.25) is 0 Å². The second-order valence-electron chi connectivity index (χ2n) is 7.72. The van der Waals surface area contributed by atoms with E-state index in [2.05, 4.69) is 21.2 Å². The Bertz CT molecular complexity index is 1010. The first-order valence-corrected chi connectivity index (χ1v) is 9.71. The van der Waals surface area contributed by atoms with Crippen molar-refractivity contribution in [2.24, 2.45) is 5.10 Å². The Balaban J connectivity index is 1.65. The van der Waals surface area contributed by atoms with Gasteiger partial charge in [0.2, 0.25) is 0 Å². The van der Waals surface area contributed by atoms with Crippen molar-refractivity contribution in [1.29, 1.82) is 0 Å². The van der Waals surface area contributed by atoms with Crippen molar-refractivity contribution in [1.82, 2.24) is 10.7 Å². The van der Waals surface area contributed by atoms with Gasteiger partial charge < -0.3 is 20.3 Å². The van der Waals surface area contributed by atoms with E-state index in [1.807, 2.05) is 36.9 Å². The molecule has 1 fully saturated rings. The van der Waals surface area contributed by atoms with Crippen molar-refractivity contribution < 1.29 is 13.9 Å². The molecule has 8 heteroatoms. The summed E-state index contributed by atoms with van der Waals surface area (Å²) in [6.45, 7) is 5.71. The molecule has 5 rings (SSSR count). The Labute approximate surface area is 167 Å². The molecule has 7 nitrogen and oxygen atoms in total. The van der Waals surface area contributed by atoms with Crippen molar-refractivity contribution >= 4 is 23.1 Å². The van der Waals surface area contributed by atoms with Crippen LogP contribution < -0.4 is 25.7 Å². The van der Waals surface area contributed by atoms with Crippen molar-refractivity contribution in [3.63, 3.8) is 0 Å². The van der Waals surface area contributed by atoms with Gasteiger partial charge in [0.1, 0.15) is 24.2 Å². The van der Waals surface area contributed by atoms with E-state index in [4.69, 9.17) is 4.74 Å². The van der Waals surface area contributed by atoms with Gasteiger partial charge in [-0.15, -0.1) is 0 Å². The number of hydrogen-bond acceptors (Lipinski definition) is 6. The number of ether oxygens (including phenoxy) is 1. The smallest absolute Gasteiger partial charge is 0.262 e. The van der Waals surface area contributed by atoms with E-state index < -0.39 is 6.04 Å². The highest BCUT2D eigenvalue weighted by atomic mass is 19.1. The average Bonchev–Trinajstić information content (AvgIpc) is 2.65. The number of amides is 1. The summed E-state index contributed by atoms with van der Waals surface area (Å²) in [5, 5.41) is 10.9. The molecule has 3 N–H and O–H groups in total. The van der Waals surface area contributed by atoms with Crippen LogP contribution in [-0.4, -0.2) is 43.5 Å². The number of carbonyl (C=O) groups is 1. The Morgan fingerprint density at radius 3 is 2.79 bits per heavy atom. The fourth-order valence-corrected chi connectivity index (χ4v) is 3.93. The molecule has 2 aromatic rings. The van der Waals surface area contributed by atoms with Gasteiger partial charge in [0, 0.05) is 24.3 Å². The number of hydrazone groups is 1. The monoisotopic (exact) mass is 395 g/mol. The van der Waals surface area contributed by atoms with Crippen molar-refractivity contribution in [2.75, 3.05) is 29.9 Å². The normalized spacial score (nSPS) is 20.7. The van der Waals surface area contributed by atoms with Gasteiger partial charge in [-0.2, -0.15) is 5.10 Å². The van der Waals surface area contributed by atoms with Crippen LogP contribution in [0.5, 0.6) is 5.75 Å². The van der Waals surface area contributed by atoms with Gasteiger partial charge in [0.15, 0.2) is 5.84 Å². The standard InChI is InChI=1S/C21H22FN5O2/c1-11-3-13(5-14(22)4-11)16-6-19-18(7-17(16)24-15-8-23-9-15)27-12(2)21(28)26-25-20(27)10-29-19/h3-7,12,15,23-24H,8-10H2,1-2H3,(H,26,28). The molecule has 2 aromatic carbocycles. The number of anilines is 2. The van der Waals surface area contributed by atoms with E-state index >= 15 is 0 Å². The zero-order chi connectivity index (χ0) is 20.1. The highest BCUT2D eigenvalue weighted by Crippen LogP contribution is 2.43. The van der Waals surface area contributed by atoms with Gasteiger partial charge in [-0.3, -0.25) is 4.79 Å². The maximum Gasteiger partial charge on any atom is 0.262 e. The summed E-state index contributed by atoms with van der Waals surface area (Å²) in [6.07, 6.45) is 0. The molecule has 0 spiro atoms. The van der Waals surface area contributed by atoms with Gasteiger partial charge in [-0.25, -0.2) is 9.82 Å². The fourth-order valence-electron chi connectivity index (χ4n) is 3.93. The lowest BCUT2D eigenvalue weighted by atomic mass is 9.98. The maximum absolute atomic E-state index is 14.1. The molecule has 0 aliphatic carbocycles. The SMILES string of the molecule is Cc1cc(F)cc(-c2cc3c(cc2NC2CNC2)N2C(=NNC(=O)C2C)CO3)c1. The van der Waals surface area contributed by atoms with E-state index in [9.17, 15) is 9.18 Å². The van der Waals surface area contributed by atoms with E-state index in [0.717, 1.165) is 41.2 Å².